The fraction of sp³-hybridized carbons (Fsp3) is 0.500. The van der Waals surface area contributed by atoms with E-state index in [1.165, 1.54) is 17.7 Å². The van der Waals surface area contributed by atoms with Crippen LogP contribution in [0.25, 0.3) is 0 Å². The molecule has 1 aliphatic heterocycles. The van der Waals surface area contributed by atoms with Gasteiger partial charge < -0.3 is 0 Å². The summed E-state index contributed by atoms with van der Waals surface area (Å²) in [6.45, 7) is 6.36. The van der Waals surface area contributed by atoms with Gasteiger partial charge in [0.25, 0.3) is 5.91 Å². The van der Waals surface area contributed by atoms with Gasteiger partial charge in [0.05, 0.1) is 7.11 Å². The number of benzene rings is 1. The van der Waals surface area contributed by atoms with E-state index in [9.17, 15) is 4.79 Å². The highest BCUT2D eigenvalue weighted by Crippen LogP contribution is 2.30. The van der Waals surface area contributed by atoms with Crippen LogP contribution in [0.15, 0.2) is 29.3 Å². The molecule has 0 radical (unpaired) electrons. The Balaban J connectivity index is 2.44. The summed E-state index contributed by atoms with van der Waals surface area (Å²) in [7, 11) is 3.11. The van der Waals surface area contributed by atoms with Crippen LogP contribution in [0.1, 0.15) is 31.9 Å². The highest BCUT2D eigenvalue weighted by atomic mass is 16.7. The molecule has 4 heteroatoms. The average Bonchev–Trinajstić information content (AvgIpc) is 2.43. The number of nitrogens with zero attached hydrogens (tertiary/aromatic N) is 2. The molecular formula is C16H22N2O2. The Morgan fingerprint density at radius 2 is 2.00 bits per heavy atom. The fourth-order valence-electron chi connectivity index (χ4n) is 2.45. The number of amides is 1. The summed E-state index contributed by atoms with van der Waals surface area (Å²) in [5, 5.41) is 1.25. The van der Waals surface area contributed by atoms with Crippen molar-refractivity contribution in [1.29, 1.82) is 0 Å². The number of carbonyl (C=O) groups excluding carboxylic acids is 1. The first-order valence-electron chi connectivity index (χ1n) is 6.83. The maximum Gasteiger partial charge on any atom is 0.270 e. The van der Waals surface area contributed by atoms with Crippen molar-refractivity contribution in [3.05, 3.63) is 35.4 Å². The molecule has 0 N–H and O–H groups in total. The molecule has 1 aromatic rings. The predicted octanol–water partition coefficient (Wildman–Crippen LogP) is 2.47. The predicted molar refractivity (Wildman–Crippen MR) is 79.7 cm³/mol. The van der Waals surface area contributed by atoms with E-state index in [-0.39, 0.29) is 11.3 Å². The lowest BCUT2D eigenvalue weighted by atomic mass is 9.80. The number of hydrogen-bond donors (Lipinski definition) is 0. The van der Waals surface area contributed by atoms with Crippen LogP contribution in [-0.2, 0) is 16.1 Å². The van der Waals surface area contributed by atoms with Crippen LogP contribution in [0.3, 0.4) is 0 Å². The normalized spacial score (nSPS) is 18.2. The summed E-state index contributed by atoms with van der Waals surface area (Å²) in [5.74, 6) is -0.108. The highest BCUT2D eigenvalue weighted by Gasteiger charge is 2.32. The topological polar surface area (TPSA) is 41.9 Å². The van der Waals surface area contributed by atoms with Crippen molar-refractivity contribution in [3.8, 4) is 0 Å². The Morgan fingerprint density at radius 1 is 1.35 bits per heavy atom. The van der Waals surface area contributed by atoms with E-state index >= 15 is 0 Å². The van der Waals surface area contributed by atoms with Crippen molar-refractivity contribution in [3.63, 3.8) is 0 Å². The number of likely N-dealkylation sites (N-methyl/N-ethyl adjacent to an activating group) is 1. The molecule has 0 aliphatic carbocycles. The zero-order chi connectivity index (χ0) is 14.9. The van der Waals surface area contributed by atoms with E-state index in [1.54, 1.807) is 7.05 Å². The van der Waals surface area contributed by atoms with Crippen LogP contribution in [0, 0.1) is 5.41 Å². The standard InChI is InChI=1S/C16H22N2O2/c1-16(2,3)14-12-9-7-6-8-11(12)10-13(17-14)15(19)18(4)20-5/h6-9,13H,10H2,1-5H3/t13-/m1/s1. The van der Waals surface area contributed by atoms with Crippen molar-refractivity contribution < 1.29 is 9.63 Å². The first kappa shape index (κ1) is 14.7. The van der Waals surface area contributed by atoms with Crippen molar-refractivity contribution in [2.24, 2.45) is 10.4 Å². The smallest absolute Gasteiger partial charge is 0.270 e. The minimum atomic E-state index is -0.399. The third-order valence-corrected chi connectivity index (χ3v) is 3.55. The first-order chi connectivity index (χ1) is 9.34. The van der Waals surface area contributed by atoms with E-state index in [1.807, 2.05) is 12.1 Å². The summed E-state index contributed by atoms with van der Waals surface area (Å²) < 4.78 is 0. The second-order valence-electron chi connectivity index (χ2n) is 6.12. The Morgan fingerprint density at radius 3 is 2.60 bits per heavy atom. The zero-order valence-electron chi connectivity index (χ0n) is 12.8. The number of aliphatic imine (C=N–C) groups is 1. The van der Waals surface area contributed by atoms with E-state index < -0.39 is 6.04 Å². The molecule has 108 valence electrons. The molecular weight excluding hydrogens is 252 g/mol. The van der Waals surface area contributed by atoms with Crippen LogP contribution in [-0.4, -0.2) is 36.9 Å². The average molecular weight is 274 g/mol. The summed E-state index contributed by atoms with van der Waals surface area (Å²) in [6, 6.07) is 7.78. The van der Waals surface area contributed by atoms with Crippen LogP contribution in [0.4, 0.5) is 0 Å². The van der Waals surface area contributed by atoms with Crippen molar-refractivity contribution in [2.75, 3.05) is 14.2 Å². The van der Waals surface area contributed by atoms with Crippen molar-refractivity contribution >= 4 is 11.6 Å². The van der Waals surface area contributed by atoms with Gasteiger partial charge in [0.1, 0.15) is 6.04 Å². The maximum absolute atomic E-state index is 12.3. The lowest BCUT2D eigenvalue weighted by molar-refractivity contribution is -0.170. The Bertz CT molecular complexity index is 544. The maximum atomic E-state index is 12.3. The largest absolute Gasteiger partial charge is 0.275 e. The highest BCUT2D eigenvalue weighted by molar-refractivity contribution is 6.07. The van der Waals surface area contributed by atoms with Gasteiger partial charge in [0.15, 0.2) is 0 Å². The molecule has 20 heavy (non-hydrogen) atoms. The van der Waals surface area contributed by atoms with Gasteiger partial charge in [-0.1, -0.05) is 45.0 Å². The van der Waals surface area contributed by atoms with Gasteiger partial charge in [0.2, 0.25) is 0 Å². The first-order valence-corrected chi connectivity index (χ1v) is 6.83. The third-order valence-electron chi connectivity index (χ3n) is 3.55. The van der Waals surface area contributed by atoms with E-state index in [0.717, 1.165) is 11.3 Å². The molecule has 0 spiro atoms. The monoisotopic (exact) mass is 274 g/mol. The third kappa shape index (κ3) is 2.75. The van der Waals surface area contributed by atoms with Crippen LogP contribution >= 0.6 is 0 Å². The molecule has 0 aromatic heterocycles. The molecule has 0 bridgehead atoms. The number of hydrogen-bond acceptors (Lipinski definition) is 3. The quantitative estimate of drug-likeness (QED) is 0.777. The second kappa shape index (κ2) is 5.37. The molecule has 1 atom stereocenters. The molecule has 1 aliphatic rings. The molecule has 1 aromatic carbocycles. The van der Waals surface area contributed by atoms with Gasteiger partial charge in [-0.3, -0.25) is 14.6 Å². The number of hydroxylamine groups is 2. The summed E-state index contributed by atoms with van der Waals surface area (Å²) in [6.07, 6.45) is 0.627. The molecule has 1 amide bonds. The molecule has 0 unspecified atom stereocenters. The Hall–Kier alpha value is -1.68. The van der Waals surface area contributed by atoms with Crippen LogP contribution in [0.2, 0.25) is 0 Å². The molecule has 0 fully saturated rings. The van der Waals surface area contributed by atoms with Gasteiger partial charge in [-0.15, -0.1) is 0 Å². The molecule has 4 nitrogen and oxygen atoms in total. The fourth-order valence-corrected chi connectivity index (χ4v) is 2.45. The van der Waals surface area contributed by atoms with Crippen LogP contribution in [0.5, 0.6) is 0 Å². The van der Waals surface area contributed by atoms with E-state index in [2.05, 4.69) is 32.9 Å². The van der Waals surface area contributed by atoms with Crippen molar-refractivity contribution in [1.82, 2.24) is 5.06 Å². The van der Waals surface area contributed by atoms with E-state index in [0.29, 0.717) is 6.42 Å². The van der Waals surface area contributed by atoms with Gasteiger partial charge in [-0.05, 0) is 11.1 Å². The Kier molecular flexibility index (Phi) is 3.95. The lowest BCUT2D eigenvalue weighted by Crippen LogP contribution is -2.40. The number of rotatable bonds is 2. The molecule has 0 saturated carbocycles. The number of fused-ring (bicyclic) bond motifs is 1. The van der Waals surface area contributed by atoms with E-state index in [4.69, 9.17) is 9.83 Å². The molecule has 1 heterocycles. The summed E-state index contributed by atoms with van der Waals surface area (Å²) >= 11 is 0. The Labute approximate surface area is 120 Å². The molecule has 2 rings (SSSR count). The van der Waals surface area contributed by atoms with Gasteiger partial charge in [0, 0.05) is 24.6 Å². The van der Waals surface area contributed by atoms with Crippen LogP contribution < -0.4 is 0 Å². The molecule has 0 saturated heterocycles. The minimum Gasteiger partial charge on any atom is -0.275 e. The summed E-state index contributed by atoms with van der Waals surface area (Å²) in [4.78, 5) is 22.0. The minimum absolute atomic E-state index is 0.0965. The second-order valence-corrected chi connectivity index (χ2v) is 6.12. The van der Waals surface area contributed by atoms with Gasteiger partial charge >= 0.3 is 0 Å². The van der Waals surface area contributed by atoms with Gasteiger partial charge in [-0.25, -0.2) is 5.06 Å². The lowest BCUT2D eigenvalue weighted by Gasteiger charge is -2.31. The SMILES string of the molecule is CON(C)C(=O)[C@H]1Cc2ccccc2C(C(C)(C)C)=N1. The van der Waals surface area contributed by atoms with Crippen molar-refractivity contribution in [2.45, 2.75) is 33.2 Å². The summed E-state index contributed by atoms with van der Waals surface area (Å²) in [5.41, 5.74) is 3.22. The zero-order valence-corrected chi connectivity index (χ0v) is 12.8. The number of carbonyl (C=O) groups is 1. The van der Waals surface area contributed by atoms with Gasteiger partial charge in [-0.2, -0.15) is 0 Å².